The first-order valence-corrected chi connectivity index (χ1v) is 8.81. The van der Waals surface area contributed by atoms with Crippen molar-refractivity contribution in [2.45, 2.75) is 18.9 Å². The molecule has 8 heteroatoms. The number of nitrogens with zero attached hydrogens (tertiary/aromatic N) is 3. The average molecular weight is 370 g/mol. The second kappa shape index (κ2) is 6.71. The van der Waals surface area contributed by atoms with Crippen LogP contribution in [-0.4, -0.2) is 40.8 Å². The van der Waals surface area contributed by atoms with Gasteiger partial charge in [0.05, 0.1) is 7.11 Å². The molecule has 1 amide bonds. The van der Waals surface area contributed by atoms with E-state index in [9.17, 15) is 14.8 Å². The standard InChI is InChI=1S/C19H20N3O5/c1-27-15-4-2-13(3-5-15)18(23)20-9-12-8-14(11-20)16-6-7-17(22(25)26)19(24)21(16)10-12/h2-7,12,14,25H,8-11H2,1H3/q-1. The van der Waals surface area contributed by atoms with E-state index in [0.717, 1.165) is 12.1 Å². The highest BCUT2D eigenvalue weighted by Crippen LogP contribution is 2.36. The molecule has 0 saturated carbocycles. The Labute approximate surface area is 155 Å². The predicted octanol–water partition coefficient (Wildman–Crippen LogP) is 1.81. The summed E-state index contributed by atoms with van der Waals surface area (Å²) in [6, 6.07) is 10.1. The van der Waals surface area contributed by atoms with Crippen molar-refractivity contribution >= 4 is 11.6 Å². The number of pyridine rings is 1. The number of amides is 1. The number of rotatable bonds is 3. The van der Waals surface area contributed by atoms with Gasteiger partial charge < -0.3 is 24.6 Å². The smallest absolute Gasteiger partial charge is 0.275 e. The van der Waals surface area contributed by atoms with Gasteiger partial charge in [0.1, 0.15) is 11.4 Å². The molecule has 2 aliphatic heterocycles. The zero-order valence-electron chi connectivity index (χ0n) is 14.9. The number of hydrogen-bond donors (Lipinski definition) is 1. The van der Waals surface area contributed by atoms with E-state index in [1.807, 2.05) is 4.90 Å². The van der Waals surface area contributed by atoms with Crippen molar-refractivity contribution in [3.63, 3.8) is 0 Å². The number of ether oxygens (including phenoxy) is 1. The molecule has 2 aliphatic rings. The molecule has 8 nitrogen and oxygen atoms in total. The molecule has 2 unspecified atom stereocenters. The molecular formula is C19H20N3O5-. The molecular weight excluding hydrogens is 350 g/mol. The molecule has 0 spiro atoms. The Bertz CT molecular complexity index is 922. The highest BCUT2D eigenvalue weighted by Gasteiger charge is 2.37. The zero-order chi connectivity index (χ0) is 19.1. The Kier molecular flexibility index (Phi) is 4.37. The number of benzene rings is 1. The molecule has 27 heavy (non-hydrogen) atoms. The molecule has 3 heterocycles. The van der Waals surface area contributed by atoms with Crippen molar-refractivity contribution in [3.05, 3.63) is 63.2 Å². The summed E-state index contributed by atoms with van der Waals surface area (Å²) in [5.41, 5.74) is 0.624. The first-order valence-electron chi connectivity index (χ1n) is 8.81. The molecule has 1 aromatic heterocycles. The van der Waals surface area contributed by atoms with Crippen molar-refractivity contribution in [1.82, 2.24) is 9.47 Å². The maximum atomic E-state index is 12.9. The van der Waals surface area contributed by atoms with E-state index in [2.05, 4.69) is 0 Å². The summed E-state index contributed by atoms with van der Waals surface area (Å²) in [7, 11) is 1.58. The van der Waals surface area contributed by atoms with Gasteiger partial charge in [-0.2, -0.15) is 0 Å². The van der Waals surface area contributed by atoms with Gasteiger partial charge in [-0.05, 0) is 48.7 Å². The Morgan fingerprint density at radius 2 is 1.93 bits per heavy atom. The minimum atomic E-state index is -0.491. The van der Waals surface area contributed by atoms with Crippen molar-refractivity contribution in [2.24, 2.45) is 5.92 Å². The number of carbonyl (C=O) groups is 1. The molecule has 1 N–H and O–H groups in total. The number of methoxy groups -OCH3 is 1. The Balaban J connectivity index is 1.60. The molecule has 1 saturated heterocycles. The van der Waals surface area contributed by atoms with Gasteiger partial charge in [0.2, 0.25) is 0 Å². The van der Waals surface area contributed by atoms with Gasteiger partial charge in [-0.25, -0.2) is 0 Å². The lowest BCUT2D eigenvalue weighted by Crippen LogP contribution is -2.49. The quantitative estimate of drug-likeness (QED) is 0.828. The predicted molar refractivity (Wildman–Crippen MR) is 98.1 cm³/mol. The number of fused-ring (bicyclic) bond motifs is 4. The van der Waals surface area contributed by atoms with Crippen LogP contribution in [0.5, 0.6) is 5.75 Å². The zero-order valence-corrected chi connectivity index (χ0v) is 14.9. The number of aromatic nitrogens is 1. The average Bonchev–Trinajstić information content (AvgIpc) is 2.68. The van der Waals surface area contributed by atoms with Gasteiger partial charge >= 0.3 is 0 Å². The fraction of sp³-hybridized carbons (Fsp3) is 0.368. The van der Waals surface area contributed by atoms with Gasteiger partial charge in [0.15, 0.2) is 0 Å². The Hall–Kier alpha value is -2.84. The van der Waals surface area contributed by atoms with E-state index in [1.165, 1.54) is 6.07 Å². The Morgan fingerprint density at radius 3 is 2.59 bits per heavy atom. The summed E-state index contributed by atoms with van der Waals surface area (Å²) in [6.45, 7) is 1.50. The van der Waals surface area contributed by atoms with E-state index in [0.29, 0.717) is 30.9 Å². The summed E-state index contributed by atoms with van der Waals surface area (Å²) >= 11 is 0. The summed E-state index contributed by atoms with van der Waals surface area (Å²) in [5.74, 6) is 0.814. The van der Waals surface area contributed by atoms with Crippen LogP contribution in [0.2, 0.25) is 0 Å². The number of hydrogen-bond acceptors (Lipinski definition) is 6. The van der Waals surface area contributed by atoms with Crippen LogP contribution >= 0.6 is 0 Å². The SMILES string of the molecule is COc1ccc(C(=O)N2CC3CC(C2)c2ccc(N([O-])O)c(=O)n2C3)cc1. The lowest BCUT2D eigenvalue weighted by Gasteiger charge is -2.43. The van der Waals surface area contributed by atoms with Gasteiger partial charge in [-0.1, -0.05) is 0 Å². The van der Waals surface area contributed by atoms with Crippen LogP contribution in [0, 0.1) is 11.1 Å². The monoisotopic (exact) mass is 370 g/mol. The number of carbonyl (C=O) groups excluding carboxylic acids is 1. The molecule has 2 aromatic rings. The molecule has 4 rings (SSSR count). The van der Waals surface area contributed by atoms with Crippen molar-refractivity contribution in [1.29, 1.82) is 0 Å². The topological polar surface area (TPSA) is 98.1 Å². The minimum Gasteiger partial charge on any atom is -0.733 e. The van der Waals surface area contributed by atoms with E-state index >= 15 is 0 Å². The molecule has 1 aromatic carbocycles. The molecule has 1 fully saturated rings. The van der Waals surface area contributed by atoms with E-state index in [1.54, 1.807) is 42.0 Å². The first-order chi connectivity index (χ1) is 13.0. The van der Waals surface area contributed by atoms with Crippen LogP contribution < -0.4 is 15.5 Å². The van der Waals surface area contributed by atoms with Gasteiger partial charge in [0.25, 0.3) is 11.5 Å². The maximum Gasteiger partial charge on any atom is 0.275 e. The highest BCUT2D eigenvalue weighted by molar-refractivity contribution is 5.94. The summed E-state index contributed by atoms with van der Waals surface area (Å²) in [6.07, 6.45) is 0.894. The number of anilines is 1. The fourth-order valence-electron chi connectivity index (χ4n) is 4.16. The first kappa shape index (κ1) is 17.6. The maximum absolute atomic E-state index is 12.9. The molecule has 142 valence electrons. The Morgan fingerprint density at radius 1 is 1.19 bits per heavy atom. The highest BCUT2D eigenvalue weighted by atomic mass is 16.8. The number of piperidine rings is 1. The van der Waals surface area contributed by atoms with Crippen molar-refractivity contribution < 1.29 is 14.7 Å². The van der Waals surface area contributed by atoms with Crippen molar-refractivity contribution in [3.8, 4) is 5.75 Å². The lowest BCUT2D eigenvalue weighted by atomic mass is 9.83. The van der Waals surface area contributed by atoms with Gasteiger partial charge in [-0.3, -0.25) is 14.8 Å². The third kappa shape index (κ3) is 3.07. The fourth-order valence-corrected chi connectivity index (χ4v) is 4.16. The second-order valence-electron chi connectivity index (χ2n) is 7.07. The third-order valence-electron chi connectivity index (χ3n) is 5.41. The van der Waals surface area contributed by atoms with Crippen LogP contribution in [0.3, 0.4) is 0 Å². The lowest BCUT2D eigenvalue weighted by molar-refractivity contribution is 0.0594. The van der Waals surface area contributed by atoms with Crippen LogP contribution in [0.1, 0.15) is 28.4 Å². The van der Waals surface area contributed by atoms with Crippen LogP contribution in [-0.2, 0) is 6.54 Å². The van der Waals surface area contributed by atoms with E-state index in [4.69, 9.17) is 9.94 Å². The van der Waals surface area contributed by atoms with Gasteiger partial charge in [0, 0.05) is 36.8 Å². The summed E-state index contributed by atoms with van der Waals surface area (Å²) < 4.78 is 6.69. The minimum absolute atomic E-state index is 0.0280. The molecule has 0 aliphatic carbocycles. The summed E-state index contributed by atoms with van der Waals surface area (Å²) in [5, 5.41) is 19.8. The summed E-state index contributed by atoms with van der Waals surface area (Å²) in [4.78, 5) is 27.2. The molecule has 2 bridgehead atoms. The van der Waals surface area contributed by atoms with Crippen molar-refractivity contribution in [2.75, 3.05) is 25.4 Å². The molecule has 2 atom stereocenters. The van der Waals surface area contributed by atoms with Crippen LogP contribution in [0.15, 0.2) is 41.2 Å². The normalized spacial score (nSPS) is 20.8. The second-order valence-corrected chi connectivity index (χ2v) is 7.07. The largest absolute Gasteiger partial charge is 0.733 e. The van der Waals surface area contributed by atoms with E-state index in [-0.39, 0.29) is 28.7 Å². The van der Waals surface area contributed by atoms with Crippen LogP contribution in [0.4, 0.5) is 5.69 Å². The van der Waals surface area contributed by atoms with Crippen LogP contribution in [0.25, 0.3) is 0 Å². The third-order valence-corrected chi connectivity index (χ3v) is 5.41. The number of likely N-dealkylation sites (tertiary alicyclic amines) is 1. The van der Waals surface area contributed by atoms with E-state index < -0.39 is 5.56 Å². The van der Waals surface area contributed by atoms with Gasteiger partial charge in [-0.15, -0.1) is 0 Å². The molecule has 0 radical (unpaired) electrons.